The average molecular weight is 281 g/mol. The number of hydrogen-bond acceptors (Lipinski definition) is 3. The van der Waals surface area contributed by atoms with Crippen LogP contribution in [0.15, 0.2) is 59.0 Å². The van der Waals surface area contributed by atoms with Crippen molar-refractivity contribution in [2.75, 3.05) is 7.11 Å². The van der Waals surface area contributed by atoms with Gasteiger partial charge in [0.1, 0.15) is 17.1 Å². The highest BCUT2D eigenvalue weighted by molar-refractivity contribution is 5.77. The molecule has 1 aromatic heterocycles. The van der Waals surface area contributed by atoms with Crippen LogP contribution in [0.4, 0.5) is 0 Å². The van der Waals surface area contributed by atoms with E-state index in [2.05, 4.69) is 30.4 Å². The van der Waals surface area contributed by atoms with Crippen molar-refractivity contribution in [3.63, 3.8) is 0 Å². The standard InChI is InChI=1S/C18H19NO2/c1-13(18-11-15-7-3-4-9-17(15)21-18)19-12-14-6-5-8-16(10-14)20-2/h3-11,13,19H,12H2,1-2H3. The van der Waals surface area contributed by atoms with Gasteiger partial charge in [0.05, 0.1) is 13.2 Å². The number of fused-ring (bicyclic) bond motifs is 1. The molecule has 3 heteroatoms. The molecule has 0 fully saturated rings. The third kappa shape index (κ3) is 3.09. The summed E-state index contributed by atoms with van der Waals surface area (Å²) < 4.78 is 11.1. The van der Waals surface area contributed by atoms with Crippen molar-refractivity contribution in [3.8, 4) is 5.75 Å². The molecule has 21 heavy (non-hydrogen) atoms. The summed E-state index contributed by atoms with van der Waals surface area (Å²) in [5.74, 6) is 1.84. The van der Waals surface area contributed by atoms with Crippen LogP contribution in [0.1, 0.15) is 24.3 Å². The van der Waals surface area contributed by atoms with Crippen molar-refractivity contribution >= 4 is 11.0 Å². The van der Waals surface area contributed by atoms with Crippen LogP contribution in [-0.4, -0.2) is 7.11 Å². The highest BCUT2D eigenvalue weighted by Gasteiger charge is 2.10. The lowest BCUT2D eigenvalue weighted by atomic mass is 10.2. The van der Waals surface area contributed by atoms with Crippen LogP contribution in [0.5, 0.6) is 5.75 Å². The molecule has 0 saturated heterocycles. The van der Waals surface area contributed by atoms with Crippen LogP contribution in [0, 0.1) is 0 Å². The summed E-state index contributed by atoms with van der Waals surface area (Å²) in [7, 11) is 1.68. The van der Waals surface area contributed by atoms with Gasteiger partial charge in [-0.05, 0) is 36.8 Å². The van der Waals surface area contributed by atoms with Gasteiger partial charge >= 0.3 is 0 Å². The van der Waals surface area contributed by atoms with Gasteiger partial charge in [-0.2, -0.15) is 0 Å². The maximum atomic E-state index is 5.88. The number of ether oxygens (including phenoxy) is 1. The predicted octanol–water partition coefficient (Wildman–Crippen LogP) is 4.29. The molecule has 3 rings (SSSR count). The molecule has 1 atom stereocenters. The van der Waals surface area contributed by atoms with E-state index in [1.807, 2.05) is 36.4 Å². The Balaban J connectivity index is 1.69. The first-order chi connectivity index (χ1) is 10.3. The first kappa shape index (κ1) is 13.7. The molecule has 2 aromatic carbocycles. The second kappa shape index (κ2) is 6.02. The predicted molar refractivity (Wildman–Crippen MR) is 84.5 cm³/mol. The molecule has 0 radical (unpaired) electrons. The van der Waals surface area contributed by atoms with Gasteiger partial charge in [-0.15, -0.1) is 0 Å². The van der Waals surface area contributed by atoms with E-state index in [0.717, 1.165) is 29.0 Å². The van der Waals surface area contributed by atoms with Gasteiger partial charge in [-0.3, -0.25) is 0 Å². The smallest absolute Gasteiger partial charge is 0.134 e. The third-order valence-electron chi connectivity index (χ3n) is 3.62. The number of hydrogen-bond donors (Lipinski definition) is 1. The highest BCUT2D eigenvalue weighted by Crippen LogP contribution is 2.24. The molecule has 108 valence electrons. The van der Waals surface area contributed by atoms with Gasteiger partial charge in [0, 0.05) is 11.9 Å². The van der Waals surface area contributed by atoms with Crippen LogP contribution < -0.4 is 10.1 Å². The molecule has 1 heterocycles. The minimum absolute atomic E-state index is 0.156. The summed E-state index contributed by atoms with van der Waals surface area (Å²) in [6.07, 6.45) is 0. The number of para-hydroxylation sites is 1. The molecular weight excluding hydrogens is 262 g/mol. The lowest BCUT2D eigenvalue weighted by Gasteiger charge is -2.11. The van der Waals surface area contributed by atoms with Crippen LogP contribution in [0.2, 0.25) is 0 Å². The minimum Gasteiger partial charge on any atom is -0.497 e. The van der Waals surface area contributed by atoms with E-state index < -0.39 is 0 Å². The summed E-state index contributed by atoms with van der Waals surface area (Å²) in [5.41, 5.74) is 2.12. The zero-order valence-electron chi connectivity index (χ0n) is 12.3. The fraction of sp³-hybridized carbons (Fsp3) is 0.222. The molecule has 3 nitrogen and oxygen atoms in total. The van der Waals surface area contributed by atoms with Gasteiger partial charge in [-0.25, -0.2) is 0 Å². The fourth-order valence-corrected chi connectivity index (χ4v) is 2.37. The van der Waals surface area contributed by atoms with E-state index in [4.69, 9.17) is 9.15 Å². The lowest BCUT2D eigenvalue weighted by Crippen LogP contribution is -2.17. The molecule has 0 aliphatic carbocycles. The van der Waals surface area contributed by atoms with Gasteiger partial charge in [0.15, 0.2) is 0 Å². The molecule has 0 bridgehead atoms. The number of nitrogens with one attached hydrogen (secondary N) is 1. The topological polar surface area (TPSA) is 34.4 Å². The normalized spacial score (nSPS) is 12.5. The largest absolute Gasteiger partial charge is 0.497 e. The maximum absolute atomic E-state index is 5.88. The van der Waals surface area contributed by atoms with Crippen LogP contribution in [0.3, 0.4) is 0 Å². The monoisotopic (exact) mass is 281 g/mol. The Morgan fingerprint density at radius 3 is 2.76 bits per heavy atom. The quantitative estimate of drug-likeness (QED) is 0.757. The summed E-state index contributed by atoms with van der Waals surface area (Å²) >= 11 is 0. The molecular formula is C18H19NO2. The number of furan rings is 1. The van der Waals surface area contributed by atoms with Gasteiger partial charge in [0.2, 0.25) is 0 Å². The lowest BCUT2D eigenvalue weighted by molar-refractivity contribution is 0.413. The Bertz CT molecular complexity index is 700. The molecule has 0 saturated carbocycles. The Morgan fingerprint density at radius 2 is 1.95 bits per heavy atom. The van der Waals surface area contributed by atoms with Gasteiger partial charge < -0.3 is 14.5 Å². The summed E-state index contributed by atoms with van der Waals surface area (Å²) in [4.78, 5) is 0. The van der Waals surface area contributed by atoms with Crippen molar-refractivity contribution in [1.82, 2.24) is 5.32 Å². The molecule has 0 spiro atoms. The number of rotatable bonds is 5. The first-order valence-electron chi connectivity index (χ1n) is 7.11. The van der Waals surface area contributed by atoms with Crippen molar-refractivity contribution in [1.29, 1.82) is 0 Å². The summed E-state index contributed by atoms with van der Waals surface area (Å²) in [6.45, 7) is 2.88. The Morgan fingerprint density at radius 1 is 1.10 bits per heavy atom. The van der Waals surface area contributed by atoms with E-state index in [1.165, 1.54) is 5.56 Å². The molecule has 0 aliphatic rings. The summed E-state index contributed by atoms with van der Waals surface area (Å²) in [6, 6.07) is 18.4. The zero-order valence-corrected chi connectivity index (χ0v) is 12.3. The van der Waals surface area contributed by atoms with Crippen LogP contribution in [-0.2, 0) is 6.54 Å². The second-order valence-corrected chi connectivity index (χ2v) is 5.14. The minimum atomic E-state index is 0.156. The summed E-state index contributed by atoms with van der Waals surface area (Å²) in [5, 5.41) is 4.62. The van der Waals surface area contributed by atoms with Crippen molar-refractivity contribution < 1.29 is 9.15 Å². The van der Waals surface area contributed by atoms with E-state index in [9.17, 15) is 0 Å². The van der Waals surface area contributed by atoms with Gasteiger partial charge in [0.25, 0.3) is 0 Å². The van der Waals surface area contributed by atoms with E-state index >= 15 is 0 Å². The van der Waals surface area contributed by atoms with E-state index in [0.29, 0.717) is 0 Å². The molecule has 0 aliphatic heterocycles. The van der Waals surface area contributed by atoms with Crippen molar-refractivity contribution in [3.05, 3.63) is 65.9 Å². The molecule has 0 amide bonds. The molecule has 3 aromatic rings. The van der Waals surface area contributed by atoms with E-state index in [-0.39, 0.29) is 6.04 Å². The highest BCUT2D eigenvalue weighted by atomic mass is 16.5. The first-order valence-corrected chi connectivity index (χ1v) is 7.11. The van der Waals surface area contributed by atoms with Crippen LogP contribution in [0.25, 0.3) is 11.0 Å². The molecule has 1 N–H and O–H groups in total. The average Bonchev–Trinajstić information content (AvgIpc) is 2.97. The fourth-order valence-electron chi connectivity index (χ4n) is 2.37. The van der Waals surface area contributed by atoms with Crippen LogP contribution >= 0.6 is 0 Å². The van der Waals surface area contributed by atoms with E-state index in [1.54, 1.807) is 7.11 Å². The zero-order chi connectivity index (χ0) is 14.7. The number of benzene rings is 2. The number of methoxy groups -OCH3 is 1. The Kier molecular flexibility index (Phi) is 3.93. The SMILES string of the molecule is COc1cccc(CNC(C)c2cc3ccccc3o2)c1. The molecule has 1 unspecified atom stereocenters. The van der Waals surface area contributed by atoms with Crippen molar-refractivity contribution in [2.24, 2.45) is 0 Å². The van der Waals surface area contributed by atoms with Crippen molar-refractivity contribution in [2.45, 2.75) is 19.5 Å². The van der Waals surface area contributed by atoms with Gasteiger partial charge in [-0.1, -0.05) is 30.3 Å². The Hall–Kier alpha value is -2.26. The Labute approximate surface area is 124 Å². The third-order valence-corrected chi connectivity index (χ3v) is 3.62. The second-order valence-electron chi connectivity index (χ2n) is 5.14. The maximum Gasteiger partial charge on any atom is 0.134 e.